The second-order valence-corrected chi connectivity index (χ2v) is 8.77. The van der Waals surface area contributed by atoms with Crippen LogP contribution in [0.15, 0.2) is 86.4 Å². The number of fused-ring (bicyclic) bond motifs is 1. The van der Waals surface area contributed by atoms with Crippen molar-refractivity contribution in [2.45, 2.75) is 4.21 Å². The van der Waals surface area contributed by atoms with E-state index in [0.29, 0.717) is 16.8 Å². The summed E-state index contributed by atoms with van der Waals surface area (Å²) < 4.78 is 29.3. The van der Waals surface area contributed by atoms with Crippen LogP contribution in [0, 0.1) is 0 Å². The van der Waals surface area contributed by atoms with Crippen LogP contribution in [0.25, 0.3) is 0 Å². The van der Waals surface area contributed by atoms with Gasteiger partial charge in [0.1, 0.15) is 9.96 Å². The molecule has 6 nitrogen and oxygen atoms in total. The fourth-order valence-electron chi connectivity index (χ4n) is 2.78. The normalized spacial score (nSPS) is 15.2. The molecule has 0 fully saturated rings. The van der Waals surface area contributed by atoms with Crippen molar-refractivity contribution in [3.63, 3.8) is 0 Å². The lowest BCUT2D eigenvalue weighted by atomic mass is 9.92. The van der Waals surface area contributed by atoms with Crippen molar-refractivity contribution in [1.82, 2.24) is 0 Å². The van der Waals surface area contributed by atoms with Gasteiger partial charge in [0.25, 0.3) is 10.0 Å². The zero-order valence-electron chi connectivity index (χ0n) is 14.4. The Bertz CT molecular complexity index is 1210. The van der Waals surface area contributed by atoms with Crippen molar-refractivity contribution in [2.75, 3.05) is 5.32 Å². The van der Waals surface area contributed by atoms with E-state index in [0.717, 1.165) is 11.3 Å². The standard InChI is InChI=1S/C20H14N2O4S2/c23-14-9-7-13(8-10-14)21-18-12-17(15-4-1-2-5-16(15)20(18)24)22-28(25,26)19-6-3-11-27-19/h1-12,21,23H/b22-17+. The van der Waals surface area contributed by atoms with Gasteiger partial charge in [0.05, 0.1) is 11.4 Å². The van der Waals surface area contributed by atoms with Gasteiger partial charge in [0.2, 0.25) is 5.78 Å². The van der Waals surface area contributed by atoms with E-state index in [1.165, 1.54) is 24.3 Å². The summed E-state index contributed by atoms with van der Waals surface area (Å²) in [5, 5.41) is 14.1. The number of benzene rings is 2. The lowest BCUT2D eigenvalue weighted by molar-refractivity contribution is 0.103. The molecule has 2 aromatic carbocycles. The second-order valence-electron chi connectivity index (χ2n) is 5.99. The molecule has 0 atom stereocenters. The summed E-state index contributed by atoms with van der Waals surface area (Å²) in [4.78, 5) is 12.8. The van der Waals surface area contributed by atoms with Crippen LogP contribution >= 0.6 is 11.3 Å². The number of phenolic OH excluding ortho intramolecular Hbond substituents is 1. The molecule has 1 aromatic heterocycles. The van der Waals surface area contributed by atoms with Gasteiger partial charge in [-0.2, -0.15) is 12.8 Å². The highest BCUT2D eigenvalue weighted by atomic mass is 32.2. The molecule has 8 heteroatoms. The molecule has 0 amide bonds. The van der Waals surface area contributed by atoms with E-state index < -0.39 is 10.0 Å². The molecule has 0 saturated heterocycles. The predicted molar refractivity (Wildman–Crippen MR) is 109 cm³/mol. The molecule has 0 bridgehead atoms. The summed E-state index contributed by atoms with van der Waals surface area (Å²) in [6.45, 7) is 0. The highest BCUT2D eigenvalue weighted by Gasteiger charge is 2.26. The van der Waals surface area contributed by atoms with E-state index in [9.17, 15) is 18.3 Å². The van der Waals surface area contributed by atoms with Crippen LogP contribution in [0.5, 0.6) is 5.75 Å². The number of carbonyl (C=O) groups excluding carboxylic acids is 1. The fraction of sp³-hybridized carbons (Fsp3) is 0. The van der Waals surface area contributed by atoms with E-state index in [4.69, 9.17) is 0 Å². The molecule has 3 aromatic rings. The Balaban J connectivity index is 1.81. The van der Waals surface area contributed by atoms with Crippen molar-refractivity contribution >= 4 is 38.5 Å². The Morgan fingerprint density at radius 1 is 0.929 bits per heavy atom. The number of allylic oxidation sites excluding steroid dienone is 2. The summed E-state index contributed by atoms with van der Waals surface area (Å²) in [5.74, 6) is -0.166. The average molecular weight is 410 g/mol. The molecule has 0 saturated carbocycles. The molecule has 0 unspecified atom stereocenters. The number of anilines is 1. The van der Waals surface area contributed by atoms with E-state index >= 15 is 0 Å². The number of sulfonamides is 1. The molecule has 1 heterocycles. The number of aromatic hydroxyl groups is 1. The van der Waals surface area contributed by atoms with E-state index in [1.807, 2.05) is 0 Å². The Morgan fingerprint density at radius 3 is 2.32 bits per heavy atom. The van der Waals surface area contributed by atoms with Crippen LogP contribution in [-0.2, 0) is 10.0 Å². The number of rotatable bonds is 4. The molecule has 140 valence electrons. The fourth-order valence-corrected chi connectivity index (χ4v) is 4.75. The quantitative estimate of drug-likeness (QED) is 0.638. The van der Waals surface area contributed by atoms with Crippen LogP contribution in [-0.4, -0.2) is 25.0 Å². The first-order chi connectivity index (χ1) is 13.4. The number of hydrogen-bond acceptors (Lipinski definition) is 6. The number of carbonyl (C=O) groups is 1. The number of thiophene rings is 1. The third-order valence-corrected chi connectivity index (χ3v) is 6.75. The summed E-state index contributed by atoms with van der Waals surface area (Å²) >= 11 is 1.08. The second kappa shape index (κ2) is 7.06. The Kier molecular flexibility index (Phi) is 4.58. The van der Waals surface area contributed by atoms with Crippen LogP contribution in [0.4, 0.5) is 5.69 Å². The molecular weight excluding hydrogens is 396 g/mol. The van der Waals surface area contributed by atoms with Crippen molar-refractivity contribution in [3.05, 3.63) is 88.9 Å². The highest BCUT2D eigenvalue weighted by molar-refractivity contribution is 7.92. The molecule has 1 aliphatic carbocycles. The Hall–Kier alpha value is -3.23. The van der Waals surface area contributed by atoms with Gasteiger partial charge in [-0.25, -0.2) is 0 Å². The first-order valence-corrected chi connectivity index (χ1v) is 10.6. The smallest absolute Gasteiger partial charge is 0.292 e. The van der Waals surface area contributed by atoms with Crippen molar-refractivity contribution in [3.8, 4) is 5.75 Å². The SMILES string of the molecule is O=C1C(Nc2ccc(O)cc2)=C/C(=N\S(=O)(=O)c2cccs2)c2ccccc21. The van der Waals surface area contributed by atoms with Crippen LogP contribution in [0.3, 0.4) is 0 Å². The van der Waals surface area contributed by atoms with Crippen LogP contribution < -0.4 is 5.32 Å². The van der Waals surface area contributed by atoms with Crippen LogP contribution in [0.1, 0.15) is 15.9 Å². The van der Waals surface area contributed by atoms with Gasteiger partial charge >= 0.3 is 0 Å². The molecule has 2 N–H and O–H groups in total. The summed E-state index contributed by atoms with van der Waals surface area (Å²) in [6.07, 6.45) is 1.43. The molecule has 0 radical (unpaired) electrons. The average Bonchev–Trinajstić information content (AvgIpc) is 3.23. The van der Waals surface area contributed by atoms with Crippen molar-refractivity contribution in [2.24, 2.45) is 4.40 Å². The van der Waals surface area contributed by atoms with Gasteiger partial charge in [0, 0.05) is 16.8 Å². The van der Waals surface area contributed by atoms with Gasteiger partial charge in [-0.05, 0) is 41.8 Å². The number of nitrogens with zero attached hydrogens (tertiary/aromatic N) is 1. The third kappa shape index (κ3) is 3.47. The largest absolute Gasteiger partial charge is 0.508 e. The zero-order chi connectivity index (χ0) is 19.7. The lowest BCUT2D eigenvalue weighted by Gasteiger charge is -2.18. The minimum Gasteiger partial charge on any atom is -0.508 e. The van der Waals surface area contributed by atoms with E-state index in [2.05, 4.69) is 9.71 Å². The van der Waals surface area contributed by atoms with Gasteiger partial charge in [-0.1, -0.05) is 30.3 Å². The lowest BCUT2D eigenvalue weighted by Crippen LogP contribution is -2.22. The zero-order valence-corrected chi connectivity index (χ0v) is 16.0. The van der Waals surface area contributed by atoms with Crippen molar-refractivity contribution in [1.29, 1.82) is 0 Å². The monoisotopic (exact) mass is 410 g/mol. The van der Waals surface area contributed by atoms with Crippen LogP contribution in [0.2, 0.25) is 0 Å². The highest BCUT2D eigenvalue weighted by Crippen LogP contribution is 2.26. The molecule has 0 aliphatic heterocycles. The van der Waals surface area contributed by atoms with Gasteiger partial charge < -0.3 is 10.4 Å². The summed E-state index contributed by atoms with van der Waals surface area (Å²) in [7, 11) is -3.89. The Morgan fingerprint density at radius 2 is 1.64 bits per heavy atom. The maximum absolute atomic E-state index is 12.8. The number of Topliss-reactive ketones (excluding diaryl/α,β-unsaturated/α-hetero) is 1. The minimum atomic E-state index is -3.89. The molecular formula is C20H14N2O4S2. The predicted octanol–water partition coefficient (Wildman–Crippen LogP) is 3.82. The summed E-state index contributed by atoms with van der Waals surface area (Å²) in [6, 6.07) is 16.1. The molecule has 28 heavy (non-hydrogen) atoms. The first kappa shape index (κ1) is 18.1. The van der Waals surface area contributed by atoms with E-state index in [-0.39, 0.29) is 27.2 Å². The summed E-state index contributed by atoms with van der Waals surface area (Å²) in [5.41, 5.74) is 1.79. The molecule has 4 rings (SSSR count). The van der Waals surface area contributed by atoms with Gasteiger partial charge in [-0.3, -0.25) is 4.79 Å². The Labute approximate surface area is 165 Å². The number of phenols is 1. The number of ketones is 1. The number of nitrogens with one attached hydrogen (secondary N) is 1. The van der Waals surface area contributed by atoms with Gasteiger partial charge in [0.15, 0.2) is 0 Å². The van der Waals surface area contributed by atoms with Gasteiger partial charge in [-0.15, -0.1) is 11.3 Å². The number of hydrogen-bond donors (Lipinski definition) is 2. The topological polar surface area (TPSA) is 95.8 Å². The van der Waals surface area contributed by atoms with Crippen molar-refractivity contribution < 1.29 is 18.3 Å². The maximum atomic E-state index is 12.8. The van der Waals surface area contributed by atoms with E-state index in [1.54, 1.807) is 47.8 Å². The minimum absolute atomic E-state index is 0.101. The molecule has 1 aliphatic rings. The first-order valence-electron chi connectivity index (χ1n) is 8.24. The molecule has 0 spiro atoms. The third-order valence-electron chi connectivity index (χ3n) is 4.09. The maximum Gasteiger partial charge on any atom is 0.292 e.